The van der Waals surface area contributed by atoms with Gasteiger partial charge in [-0.2, -0.15) is 0 Å². The van der Waals surface area contributed by atoms with Crippen LogP contribution in [0.1, 0.15) is 37.1 Å². The van der Waals surface area contributed by atoms with Gasteiger partial charge in [-0.1, -0.05) is 94.4 Å². The zero-order valence-electron chi connectivity index (χ0n) is 20.7. The number of anilines is 2. The maximum Gasteiger partial charge on any atom is 0.338 e. The zero-order chi connectivity index (χ0) is 29.0. The van der Waals surface area contributed by atoms with Crippen molar-refractivity contribution in [3.05, 3.63) is 121 Å². The molecule has 6 nitrogen and oxygen atoms in total. The van der Waals surface area contributed by atoms with Crippen LogP contribution in [0.4, 0.5) is 11.4 Å². The van der Waals surface area contributed by atoms with E-state index in [4.69, 9.17) is 46.4 Å². The van der Waals surface area contributed by atoms with E-state index in [1.54, 1.807) is 24.3 Å². The lowest BCUT2D eigenvalue weighted by atomic mass is 10.1. The number of nitrogens with one attached hydrogen (secondary N) is 2. The van der Waals surface area contributed by atoms with Crippen LogP contribution in [-0.2, 0) is 4.79 Å². The van der Waals surface area contributed by atoms with Gasteiger partial charge in [0.05, 0.1) is 31.2 Å². The summed E-state index contributed by atoms with van der Waals surface area (Å²) in [5.74, 6) is -2.51. The van der Waals surface area contributed by atoms with Crippen molar-refractivity contribution in [2.45, 2.75) is 17.1 Å². The lowest BCUT2D eigenvalue weighted by Gasteiger charge is -2.18. The standard InChI is InChI=1S/C29H20Cl4N2O4S/c1-15-7-9-17(10-8-15)35-28(37)26(16-5-3-2-4-6-16)40-19-13-11-18(12-14-19)34-27(36)20-21(29(38)39)23(31)25(33)24(32)22(20)30/h2-14,26H,1H3,(H,34,36)(H,35,37)(H,38,39). The molecule has 0 aliphatic heterocycles. The molecule has 4 aromatic rings. The van der Waals surface area contributed by atoms with Gasteiger partial charge < -0.3 is 15.7 Å². The molecule has 0 heterocycles. The molecule has 4 aromatic carbocycles. The molecule has 0 saturated carbocycles. The van der Waals surface area contributed by atoms with Crippen LogP contribution in [0.3, 0.4) is 0 Å². The Hall–Kier alpha value is -3.20. The molecular formula is C29H20Cl4N2O4S. The van der Waals surface area contributed by atoms with Gasteiger partial charge in [-0.3, -0.25) is 9.59 Å². The number of rotatable bonds is 8. The average Bonchev–Trinajstić information content (AvgIpc) is 2.94. The van der Waals surface area contributed by atoms with Crippen LogP contribution in [0, 0.1) is 6.92 Å². The summed E-state index contributed by atoms with van der Waals surface area (Å²) in [5.41, 5.74) is 1.98. The first-order valence-electron chi connectivity index (χ1n) is 11.7. The van der Waals surface area contributed by atoms with Gasteiger partial charge in [-0.25, -0.2) is 4.79 Å². The van der Waals surface area contributed by atoms with Crippen molar-refractivity contribution >= 4 is 87.3 Å². The third-order valence-electron chi connectivity index (χ3n) is 5.73. The summed E-state index contributed by atoms with van der Waals surface area (Å²) >= 11 is 25.6. The summed E-state index contributed by atoms with van der Waals surface area (Å²) in [6.45, 7) is 1.97. The Morgan fingerprint density at radius 2 is 1.23 bits per heavy atom. The van der Waals surface area contributed by atoms with Crippen LogP contribution >= 0.6 is 58.2 Å². The van der Waals surface area contributed by atoms with Crippen molar-refractivity contribution in [3.63, 3.8) is 0 Å². The Morgan fingerprint density at radius 1 is 0.700 bits per heavy atom. The quantitative estimate of drug-likeness (QED) is 0.102. The largest absolute Gasteiger partial charge is 0.478 e. The van der Waals surface area contributed by atoms with Crippen molar-refractivity contribution in [1.82, 2.24) is 0 Å². The number of halogens is 4. The molecule has 0 aliphatic rings. The van der Waals surface area contributed by atoms with E-state index in [1.807, 2.05) is 61.5 Å². The average molecular weight is 634 g/mol. The number of amides is 2. The fourth-order valence-electron chi connectivity index (χ4n) is 3.74. The van der Waals surface area contributed by atoms with E-state index in [-0.39, 0.29) is 21.0 Å². The lowest BCUT2D eigenvalue weighted by molar-refractivity contribution is -0.115. The van der Waals surface area contributed by atoms with Gasteiger partial charge >= 0.3 is 5.97 Å². The molecule has 0 saturated heterocycles. The number of carboxylic acids is 1. The molecule has 204 valence electrons. The second-order valence-corrected chi connectivity index (χ2v) is 11.2. The van der Waals surface area contributed by atoms with Crippen molar-refractivity contribution < 1.29 is 19.5 Å². The number of carboxylic acid groups (broad SMARTS) is 1. The van der Waals surface area contributed by atoms with Gasteiger partial charge in [-0.15, -0.1) is 11.8 Å². The van der Waals surface area contributed by atoms with Gasteiger partial charge in [0.25, 0.3) is 5.91 Å². The molecular weight excluding hydrogens is 614 g/mol. The molecule has 1 unspecified atom stereocenters. The summed E-state index contributed by atoms with van der Waals surface area (Å²) < 4.78 is 0. The Labute approximate surface area is 254 Å². The van der Waals surface area contributed by atoms with Gasteiger partial charge in [0.1, 0.15) is 5.25 Å². The maximum atomic E-state index is 13.3. The van der Waals surface area contributed by atoms with Gasteiger partial charge in [-0.05, 0) is 48.9 Å². The number of aromatic carboxylic acids is 1. The monoisotopic (exact) mass is 632 g/mol. The Morgan fingerprint density at radius 3 is 1.80 bits per heavy atom. The smallest absolute Gasteiger partial charge is 0.338 e. The molecule has 0 radical (unpaired) electrons. The second-order valence-electron chi connectivity index (χ2n) is 8.55. The third kappa shape index (κ3) is 6.74. The summed E-state index contributed by atoms with van der Waals surface area (Å²) in [4.78, 5) is 38.9. The molecule has 2 amide bonds. The van der Waals surface area contributed by atoms with Crippen LogP contribution < -0.4 is 10.6 Å². The molecule has 0 bridgehead atoms. The first kappa shape index (κ1) is 29.8. The molecule has 11 heteroatoms. The number of carbonyl (C=O) groups excluding carboxylic acids is 2. The van der Waals surface area contributed by atoms with Crippen molar-refractivity contribution in [1.29, 1.82) is 0 Å². The lowest BCUT2D eigenvalue weighted by Crippen LogP contribution is -2.19. The minimum Gasteiger partial charge on any atom is -0.478 e. The van der Waals surface area contributed by atoms with E-state index in [9.17, 15) is 19.5 Å². The fraction of sp³-hybridized carbons (Fsp3) is 0.0690. The number of benzene rings is 4. The Balaban J connectivity index is 1.55. The molecule has 0 fully saturated rings. The summed E-state index contributed by atoms with van der Waals surface area (Å²) in [7, 11) is 0. The predicted molar refractivity (Wildman–Crippen MR) is 163 cm³/mol. The van der Waals surface area contributed by atoms with E-state index in [2.05, 4.69) is 10.6 Å². The summed E-state index contributed by atoms with van der Waals surface area (Å²) in [6.07, 6.45) is 0. The highest BCUT2D eigenvalue weighted by Gasteiger charge is 2.29. The van der Waals surface area contributed by atoms with Crippen LogP contribution in [0.5, 0.6) is 0 Å². The van der Waals surface area contributed by atoms with E-state index in [0.717, 1.165) is 16.0 Å². The van der Waals surface area contributed by atoms with Crippen LogP contribution in [0.25, 0.3) is 0 Å². The number of hydrogen-bond donors (Lipinski definition) is 3. The Kier molecular flexibility index (Phi) is 9.66. The van der Waals surface area contributed by atoms with Crippen molar-refractivity contribution in [2.75, 3.05) is 10.6 Å². The van der Waals surface area contributed by atoms with E-state index >= 15 is 0 Å². The van der Waals surface area contributed by atoms with Crippen LogP contribution in [0.2, 0.25) is 20.1 Å². The fourth-order valence-corrected chi connectivity index (χ4v) is 5.78. The maximum absolute atomic E-state index is 13.3. The summed E-state index contributed by atoms with van der Waals surface area (Å²) in [6, 6.07) is 23.6. The number of aryl methyl sites for hydroxylation is 1. The van der Waals surface area contributed by atoms with E-state index in [0.29, 0.717) is 11.4 Å². The molecule has 0 aliphatic carbocycles. The highest BCUT2D eigenvalue weighted by Crippen LogP contribution is 2.42. The van der Waals surface area contributed by atoms with Crippen molar-refractivity contribution in [2.24, 2.45) is 0 Å². The highest BCUT2D eigenvalue weighted by molar-refractivity contribution is 8.00. The Bertz CT molecular complexity index is 1580. The van der Waals surface area contributed by atoms with Gasteiger partial charge in [0.2, 0.25) is 5.91 Å². The SMILES string of the molecule is Cc1ccc(NC(=O)C(Sc2ccc(NC(=O)c3c(Cl)c(Cl)c(Cl)c(Cl)c3C(=O)O)cc2)c2ccccc2)cc1. The van der Waals surface area contributed by atoms with E-state index < -0.39 is 33.3 Å². The normalized spacial score (nSPS) is 11.5. The van der Waals surface area contributed by atoms with Crippen molar-refractivity contribution in [3.8, 4) is 0 Å². The number of hydrogen-bond acceptors (Lipinski definition) is 4. The highest BCUT2D eigenvalue weighted by atomic mass is 35.5. The van der Waals surface area contributed by atoms with Crippen LogP contribution in [0.15, 0.2) is 83.8 Å². The molecule has 4 rings (SSSR count). The summed E-state index contributed by atoms with van der Waals surface area (Å²) in [5, 5.41) is 13.4. The van der Waals surface area contributed by atoms with E-state index in [1.165, 1.54) is 11.8 Å². The predicted octanol–water partition coefficient (Wildman–Crippen LogP) is 9.03. The molecule has 0 aromatic heterocycles. The first-order chi connectivity index (χ1) is 19.1. The molecule has 1 atom stereocenters. The minimum atomic E-state index is -1.49. The van der Waals surface area contributed by atoms with Gasteiger partial charge in [0, 0.05) is 16.3 Å². The molecule has 3 N–H and O–H groups in total. The second kappa shape index (κ2) is 13.0. The number of thioether (sulfide) groups is 1. The topological polar surface area (TPSA) is 95.5 Å². The molecule has 0 spiro atoms. The minimum absolute atomic E-state index is 0.190. The van der Waals surface area contributed by atoms with Gasteiger partial charge in [0.15, 0.2) is 0 Å². The first-order valence-corrected chi connectivity index (χ1v) is 14.1. The van der Waals surface area contributed by atoms with Crippen LogP contribution in [-0.4, -0.2) is 22.9 Å². The zero-order valence-corrected chi connectivity index (χ0v) is 24.5. The third-order valence-corrected chi connectivity index (χ3v) is 8.80. The molecule has 40 heavy (non-hydrogen) atoms. The number of carbonyl (C=O) groups is 3.